The molecule has 0 saturated heterocycles. The summed E-state index contributed by atoms with van der Waals surface area (Å²) in [5, 5.41) is 14.4. The van der Waals surface area contributed by atoms with Crippen LogP contribution in [0.25, 0.3) is 0 Å². The van der Waals surface area contributed by atoms with E-state index in [1.807, 2.05) is 0 Å². The summed E-state index contributed by atoms with van der Waals surface area (Å²) in [5.41, 5.74) is 17.5. The van der Waals surface area contributed by atoms with Crippen molar-refractivity contribution in [1.29, 1.82) is 10.8 Å². The first kappa shape index (κ1) is 9.05. The molecule has 0 unspecified atom stereocenters. The van der Waals surface area contributed by atoms with Crippen LogP contribution in [0.15, 0.2) is 18.2 Å². The molecule has 1 aromatic rings. The van der Waals surface area contributed by atoms with Crippen molar-refractivity contribution in [2.45, 2.75) is 0 Å². The average molecular weight is 177 g/mol. The largest absolute Gasteiger partial charge is 0.399 e. The molecule has 0 aliphatic rings. The van der Waals surface area contributed by atoms with Crippen LogP contribution >= 0.6 is 0 Å². The number of nitrogen functional groups attached to an aromatic ring is 3. The van der Waals surface area contributed by atoms with E-state index in [1.54, 1.807) is 18.2 Å². The lowest BCUT2D eigenvalue weighted by Crippen LogP contribution is -2.16. The fourth-order valence-corrected chi connectivity index (χ4v) is 0.963. The SMILES string of the molecule is N=C(N)c1cc(N)cc(C(=N)N)c1. The molecule has 0 bridgehead atoms. The molecule has 0 aliphatic carbocycles. The molecule has 5 heteroatoms. The first-order chi connectivity index (χ1) is 6.00. The molecule has 5 nitrogen and oxygen atoms in total. The Kier molecular flexibility index (Phi) is 2.19. The van der Waals surface area contributed by atoms with Crippen molar-refractivity contribution in [3.05, 3.63) is 29.3 Å². The third kappa shape index (κ3) is 1.96. The fraction of sp³-hybridized carbons (Fsp3) is 0. The minimum absolute atomic E-state index is 0.0881. The van der Waals surface area contributed by atoms with E-state index in [2.05, 4.69) is 0 Å². The van der Waals surface area contributed by atoms with Crippen molar-refractivity contribution in [2.75, 3.05) is 5.73 Å². The molecule has 68 valence electrons. The van der Waals surface area contributed by atoms with E-state index < -0.39 is 0 Å². The predicted octanol–water partition coefficient (Wildman–Crippen LogP) is -0.163. The zero-order valence-corrected chi connectivity index (χ0v) is 6.96. The summed E-state index contributed by atoms with van der Waals surface area (Å²) in [4.78, 5) is 0. The Morgan fingerprint density at radius 3 is 1.62 bits per heavy atom. The van der Waals surface area contributed by atoms with Crippen molar-refractivity contribution in [1.82, 2.24) is 0 Å². The summed E-state index contributed by atoms with van der Waals surface area (Å²) in [7, 11) is 0. The molecule has 0 saturated carbocycles. The van der Waals surface area contributed by atoms with Gasteiger partial charge in [0, 0.05) is 16.8 Å². The van der Waals surface area contributed by atoms with Gasteiger partial charge in [0.05, 0.1) is 0 Å². The average Bonchev–Trinajstić information content (AvgIpc) is 2.03. The summed E-state index contributed by atoms with van der Waals surface area (Å²) in [6.07, 6.45) is 0. The van der Waals surface area contributed by atoms with E-state index in [9.17, 15) is 0 Å². The van der Waals surface area contributed by atoms with Gasteiger partial charge in [-0.2, -0.15) is 0 Å². The van der Waals surface area contributed by atoms with Crippen LogP contribution in [0.3, 0.4) is 0 Å². The van der Waals surface area contributed by atoms with Crippen LogP contribution in [-0.4, -0.2) is 11.7 Å². The van der Waals surface area contributed by atoms with Gasteiger partial charge in [0.15, 0.2) is 0 Å². The van der Waals surface area contributed by atoms with Crippen molar-refractivity contribution in [3.63, 3.8) is 0 Å². The number of rotatable bonds is 2. The Balaban J connectivity index is 3.26. The topological polar surface area (TPSA) is 126 Å². The molecule has 0 aliphatic heterocycles. The maximum absolute atomic E-state index is 7.18. The Labute approximate surface area is 75.6 Å². The third-order valence-electron chi connectivity index (χ3n) is 1.58. The summed E-state index contributed by atoms with van der Waals surface area (Å²) in [5.74, 6) is -0.176. The highest BCUT2D eigenvalue weighted by molar-refractivity contribution is 6.01. The quantitative estimate of drug-likeness (QED) is 0.244. The Bertz CT molecular complexity index is 337. The molecule has 13 heavy (non-hydrogen) atoms. The second kappa shape index (κ2) is 3.14. The first-order valence-electron chi connectivity index (χ1n) is 3.60. The van der Waals surface area contributed by atoms with Crippen molar-refractivity contribution < 1.29 is 0 Å². The van der Waals surface area contributed by atoms with E-state index in [-0.39, 0.29) is 11.7 Å². The van der Waals surface area contributed by atoms with Gasteiger partial charge >= 0.3 is 0 Å². The molecule has 0 atom stereocenters. The lowest BCUT2D eigenvalue weighted by molar-refractivity contribution is 1.39. The maximum atomic E-state index is 7.18. The summed E-state index contributed by atoms with van der Waals surface area (Å²) < 4.78 is 0. The van der Waals surface area contributed by atoms with Crippen molar-refractivity contribution in [3.8, 4) is 0 Å². The molecule has 8 N–H and O–H groups in total. The number of nitrogens with two attached hydrogens (primary N) is 3. The second-order valence-electron chi connectivity index (χ2n) is 2.67. The van der Waals surface area contributed by atoms with Gasteiger partial charge in [-0.25, -0.2) is 0 Å². The monoisotopic (exact) mass is 177 g/mol. The third-order valence-corrected chi connectivity index (χ3v) is 1.58. The first-order valence-corrected chi connectivity index (χ1v) is 3.60. The van der Waals surface area contributed by atoms with Crippen LogP contribution in [-0.2, 0) is 0 Å². The van der Waals surface area contributed by atoms with Crippen LogP contribution in [0.2, 0.25) is 0 Å². The van der Waals surface area contributed by atoms with Gasteiger partial charge in [-0.1, -0.05) is 0 Å². The van der Waals surface area contributed by atoms with Crippen LogP contribution in [0, 0.1) is 10.8 Å². The van der Waals surface area contributed by atoms with E-state index in [0.29, 0.717) is 16.8 Å². The van der Waals surface area contributed by atoms with E-state index in [1.165, 1.54) is 0 Å². The van der Waals surface area contributed by atoms with E-state index >= 15 is 0 Å². The zero-order chi connectivity index (χ0) is 10.0. The van der Waals surface area contributed by atoms with E-state index in [4.69, 9.17) is 28.0 Å². The van der Waals surface area contributed by atoms with Gasteiger partial charge in [0.25, 0.3) is 0 Å². The number of hydrogen-bond acceptors (Lipinski definition) is 3. The minimum atomic E-state index is -0.0881. The lowest BCUT2D eigenvalue weighted by atomic mass is 10.1. The number of hydrogen-bond donors (Lipinski definition) is 5. The lowest BCUT2D eigenvalue weighted by Gasteiger charge is -2.04. The van der Waals surface area contributed by atoms with Crippen molar-refractivity contribution in [2.24, 2.45) is 11.5 Å². The van der Waals surface area contributed by atoms with Gasteiger partial charge in [-0.15, -0.1) is 0 Å². The van der Waals surface area contributed by atoms with E-state index in [0.717, 1.165) is 0 Å². The molecule has 0 heterocycles. The molecule has 0 fully saturated rings. The number of nitrogens with one attached hydrogen (secondary N) is 2. The summed E-state index contributed by atoms with van der Waals surface area (Å²) >= 11 is 0. The predicted molar refractivity (Wildman–Crippen MR) is 52.9 cm³/mol. The van der Waals surface area contributed by atoms with Crippen LogP contribution in [0.1, 0.15) is 11.1 Å². The minimum Gasteiger partial charge on any atom is -0.399 e. The molecule has 0 amide bonds. The van der Waals surface area contributed by atoms with Crippen molar-refractivity contribution >= 4 is 17.4 Å². The van der Waals surface area contributed by atoms with Gasteiger partial charge in [0.1, 0.15) is 11.7 Å². The highest BCUT2D eigenvalue weighted by atomic mass is 14.7. The molecule has 0 radical (unpaired) electrons. The highest BCUT2D eigenvalue weighted by Gasteiger charge is 2.02. The van der Waals surface area contributed by atoms with Gasteiger partial charge in [0.2, 0.25) is 0 Å². The number of anilines is 1. The molecule has 1 aromatic carbocycles. The highest BCUT2D eigenvalue weighted by Crippen LogP contribution is 2.10. The smallest absolute Gasteiger partial charge is 0.122 e. The summed E-state index contributed by atoms with van der Waals surface area (Å²) in [6, 6.07) is 4.69. The van der Waals surface area contributed by atoms with Crippen LogP contribution in [0.4, 0.5) is 5.69 Å². The van der Waals surface area contributed by atoms with Gasteiger partial charge < -0.3 is 17.2 Å². The normalized spacial score (nSPS) is 9.54. The van der Waals surface area contributed by atoms with Gasteiger partial charge in [-0.05, 0) is 18.2 Å². The molecule has 1 rings (SSSR count). The number of benzene rings is 1. The fourth-order valence-electron chi connectivity index (χ4n) is 0.963. The van der Waals surface area contributed by atoms with Gasteiger partial charge in [-0.3, -0.25) is 10.8 Å². The Morgan fingerprint density at radius 1 is 0.923 bits per heavy atom. The van der Waals surface area contributed by atoms with Crippen LogP contribution < -0.4 is 17.2 Å². The Hall–Kier alpha value is -2.04. The molecule has 0 spiro atoms. The van der Waals surface area contributed by atoms with Crippen LogP contribution in [0.5, 0.6) is 0 Å². The second-order valence-corrected chi connectivity index (χ2v) is 2.67. The molecular formula is C8H11N5. The maximum Gasteiger partial charge on any atom is 0.122 e. The summed E-state index contributed by atoms with van der Waals surface area (Å²) in [6.45, 7) is 0. The Morgan fingerprint density at radius 2 is 1.31 bits per heavy atom. The molecule has 0 aromatic heterocycles. The molecular weight excluding hydrogens is 166 g/mol. The zero-order valence-electron chi connectivity index (χ0n) is 6.96. The standard InChI is InChI=1S/C8H11N5/c9-6-2-4(7(10)11)1-5(3-6)8(12)13/h1-3H,9H2,(H3,10,11)(H3,12,13). The number of amidine groups is 2.